The highest BCUT2D eigenvalue weighted by atomic mass is 16.4. The second kappa shape index (κ2) is 4.61. The molecule has 15 heavy (non-hydrogen) atoms. The topological polar surface area (TPSA) is 78.4 Å². The van der Waals surface area contributed by atoms with Gasteiger partial charge in [-0.15, -0.1) is 0 Å². The number of β-lactam (4-membered cyclic amide) rings is 1. The summed E-state index contributed by atoms with van der Waals surface area (Å²) >= 11 is 0. The van der Waals surface area contributed by atoms with Gasteiger partial charge in [0.05, 0.1) is 6.04 Å². The maximum Gasteiger partial charge on any atom is 0.320 e. The second-order valence-electron chi connectivity index (χ2n) is 4.45. The summed E-state index contributed by atoms with van der Waals surface area (Å²) in [7, 11) is 0. The summed E-state index contributed by atoms with van der Waals surface area (Å²) in [6.07, 6.45) is 0.871. The summed E-state index contributed by atoms with van der Waals surface area (Å²) in [4.78, 5) is 21.8. The molecule has 1 aliphatic heterocycles. The fraction of sp³-hybridized carbons (Fsp3) is 0.800. The highest BCUT2D eigenvalue weighted by Crippen LogP contribution is 2.16. The van der Waals surface area contributed by atoms with Crippen LogP contribution < -0.4 is 10.6 Å². The van der Waals surface area contributed by atoms with Gasteiger partial charge in [0.2, 0.25) is 5.91 Å². The highest BCUT2D eigenvalue weighted by molar-refractivity contribution is 5.90. The van der Waals surface area contributed by atoms with E-state index in [1.54, 1.807) is 6.92 Å². The smallest absolute Gasteiger partial charge is 0.320 e. The first-order valence-electron chi connectivity index (χ1n) is 5.21. The lowest BCUT2D eigenvalue weighted by Crippen LogP contribution is -2.70. The molecular weight excluding hydrogens is 196 g/mol. The summed E-state index contributed by atoms with van der Waals surface area (Å²) < 4.78 is 0. The first-order valence-corrected chi connectivity index (χ1v) is 5.21. The number of carbonyl (C=O) groups is 2. The van der Waals surface area contributed by atoms with Gasteiger partial charge < -0.3 is 10.4 Å². The van der Waals surface area contributed by atoms with Crippen molar-refractivity contribution in [3.8, 4) is 0 Å². The summed E-state index contributed by atoms with van der Waals surface area (Å²) in [6.45, 7) is 5.69. The van der Waals surface area contributed by atoms with Crippen LogP contribution in [0.5, 0.6) is 0 Å². The van der Waals surface area contributed by atoms with Crippen LogP contribution in [0, 0.1) is 5.92 Å². The molecule has 0 bridgehead atoms. The van der Waals surface area contributed by atoms with Gasteiger partial charge in [-0.3, -0.25) is 14.9 Å². The molecule has 86 valence electrons. The first-order chi connectivity index (χ1) is 6.91. The Morgan fingerprint density at radius 1 is 1.53 bits per heavy atom. The molecule has 3 N–H and O–H groups in total. The zero-order chi connectivity index (χ0) is 11.6. The summed E-state index contributed by atoms with van der Waals surface area (Å²) in [5.41, 5.74) is 0. The molecular formula is C10H18N2O3. The third kappa shape index (κ3) is 2.92. The van der Waals surface area contributed by atoms with E-state index in [1.807, 2.05) is 0 Å². The maximum absolute atomic E-state index is 11.2. The molecule has 0 radical (unpaired) electrons. The van der Waals surface area contributed by atoms with Crippen molar-refractivity contribution in [2.24, 2.45) is 5.92 Å². The van der Waals surface area contributed by atoms with E-state index in [9.17, 15) is 9.59 Å². The number of rotatable bonds is 5. The van der Waals surface area contributed by atoms with Gasteiger partial charge in [0.1, 0.15) is 12.1 Å². The Balaban J connectivity index is 2.45. The Morgan fingerprint density at radius 3 is 2.53 bits per heavy atom. The standard InChI is InChI=1S/C10H18N2O3/c1-5(2)4-7-8(9(13)12-7)11-6(3)10(14)15/h5-8,11H,4H2,1-3H3,(H,12,13)(H,14,15)/t6?,7-,8-/m1/s1. The van der Waals surface area contributed by atoms with E-state index in [0.717, 1.165) is 6.42 Å². The normalized spacial score (nSPS) is 27.1. The number of amides is 1. The highest BCUT2D eigenvalue weighted by Gasteiger charge is 2.40. The lowest BCUT2D eigenvalue weighted by atomic mass is 9.90. The fourth-order valence-corrected chi connectivity index (χ4v) is 1.68. The van der Waals surface area contributed by atoms with Crippen molar-refractivity contribution in [3.63, 3.8) is 0 Å². The summed E-state index contributed by atoms with van der Waals surface area (Å²) in [5, 5.41) is 14.3. The number of carbonyl (C=O) groups excluding carboxylic acids is 1. The van der Waals surface area contributed by atoms with E-state index in [1.165, 1.54) is 0 Å². The molecule has 5 heteroatoms. The van der Waals surface area contributed by atoms with Crippen molar-refractivity contribution in [1.29, 1.82) is 0 Å². The quantitative estimate of drug-likeness (QED) is 0.561. The Bertz CT molecular complexity index is 265. The minimum absolute atomic E-state index is 0.0688. The van der Waals surface area contributed by atoms with Gasteiger partial charge in [0.15, 0.2) is 0 Å². The Kier molecular flexibility index (Phi) is 3.68. The molecule has 1 saturated heterocycles. The lowest BCUT2D eigenvalue weighted by Gasteiger charge is -2.39. The largest absolute Gasteiger partial charge is 0.480 e. The van der Waals surface area contributed by atoms with Gasteiger partial charge in [-0.25, -0.2) is 0 Å². The SMILES string of the molecule is CC(C)C[C@H]1NC(=O)[C@@H]1NC(C)C(=O)O. The number of carboxylic acid groups (broad SMARTS) is 1. The molecule has 0 aromatic rings. The molecule has 5 nitrogen and oxygen atoms in total. The van der Waals surface area contributed by atoms with Gasteiger partial charge in [-0.2, -0.15) is 0 Å². The number of hydrogen-bond donors (Lipinski definition) is 3. The zero-order valence-corrected chi connectivity index (χ0v) is 9.28. The van der Waals surface area contributed by atoms with Crippen LogP contribution in [0.25, 0.3) is 0 Å². The Morgan fingerprint density at radius 2 is 2.13 bits per heavy atom. The molecule has 0 aliphatic carbocycles. The van der Waals surface area contributed by atoms with Crippen LogP contribution >= 0.6 is 0 Å². The minimum Gasteiger partial charge on any atom is -0.480 e. The predicted octanol–water partition coefficient (Wildman–Crippen LogP) is -0.0378. The molecule has 0 saturated carbocycles. The van der Waals surface area contributed by atoms with Gasteiger partial charge >= 0.3 is 5.97 Å². The Labute approximate surface area is 89.2 Å². The molecule has 1 heterocycles. The number of carboxylic acids is 1. The van der Waals surface area contributed by atoms with Crippen LogP contribution in [0.4, 0.5) is 0 Å². The lowest BCUT2D eigenvalue weighted by molar-refractivity contribution is -0.140. The number of nitrogens with one attached hydrogen (secondary N) is 2. The molecule has 0 aromatic heterocycles. The number of aliphatic carboxylic acids is 1. The van der Waals surface area contributed by atoms with Crippen LogP contribution in [-0.4, -0.2) is 35.1 Å². The third-order valence-corrected chi connectivity index (χ3v) is 2.54. The van der Waals surface area contributed by atoms with Crippen molar-refractivity contribution in [2.75, 3.05) is 0 Å². The molecule has 0 spiro atoms. The molecule has 1 amide bonds. The third-order valence-electron chi connectivity index (χ3n) is 2.54. The summed E-state index contributed by atoms with van der Waals surface area (Å²) in [5.74, 6) is -0.549. The van der Waals surface area contributed by atoms with Crippen molar-refractivity contribution >= 4 is 11.9 Å². The van der Waals surface area contributed by atoms with Gasteiger partial charge in [-0.1, -0.05) is 13.8 Å². The average molecular weight is 214 g/mol. The van der Waals surface area contributed by atoms with E-state index >= 15 is 0 Å². The monoisotopic (exact) mass is 214 g/mol. The predicted molar refractivity (Wildman–Crippen MR) is 55.4 cm³/mol. The molecule has 3 atom stereocenters. The molecule has 1 unspecified atom stereocenters. The van der Waals surface area contributed by atoms with E-state index in [-0.39, 0.29) is 18.0 Å². The van der Waals surface area contributed by atoms with Crippen LogP contribution in [0.2, 0.25) is 0 Å². The molecule has 1 fully saturated rings. The molecule has 1 rings (SSSR count). The van der Waals surface area contributed by atoms with Crippen molar-refractivity contribution < 1.29 is 14.7 Å². The van der Waals surface area contributed by atoms with Gasteiger partial charge in [0.25, 0.3) is 0 Å². The average Bonchev–Trinajstić information content (AvgIpc) is 2.12. The van der Waals surface area contributed by atoms with E-state index < -0.39 is 12.0 Å². The first kappa shape index (κ1) is 12.0. The maximum atomic E-state index is 11.2. The van der Waals surface area contributed by atoms with Crippen LogP contribution in [-0.2, 0) is 9.59 Å². The van der Waals surface area contributed by atoms with Gasteiger partial charge in [0, 0.05) is 0 Å². The number of hydrogen-bond acceptors (Lipinski definition) is 3. The van der Waals surface area contributed by atoms with Crippen LogP contribution in [0.3, 0.4) is 0 Å². The fourth-order valence-electron chi connectivity index (χ4n) is 1.68. The molecule has 0 aromatic carbocycles. The van der Waals surface area contributed by atoms with Crippen molar-refractivity contribution in [3.05, 3.63) is 0 Å². The van der Waals surface area contributed by atoms with E-state index in [4.69, 9.17) is 5.11 Å². The van der Waals surface area contributed by atoms with Crippen LogP contribution in [0.15, 0.2) is 0 Å². The van der Waals surface area contributed by atoms with Crippen LogP contribution in [0.1, 0.15) is 27.2 Å². The second-order valence-corrected chi connectivity index (χ2v) is 4.45. The van der Waals surface area contributed by atoms with Crippen molar-refractivity contribution in [1.82, 2.24) is 10.6 Å². The van der Waals surface area contributed by atoms with E-state index in [0.29, 0.717) is 5.92 Å². The van der Waals surface area contributed by atoms with E-state index in [2.05, 4.69) is 24.5 Å². The van der Waals surface area contributed by atoms with Gasteiger partial charge in [-0.05, 0) is 19.3 Å². The van der Waals surface area contributed by atoms with Crippen molar-refractivity contribution in [2.45, 2.75) is 45.3 Å². The summed E-state index contributed by atoms with van der Waals surface area (Å²) in [6, 6.07) is -0.964. The zero-order valence-electron chi connectivity index (χ0n) is 9.28. The Hall–Kier alpha value is -1.10. The minimum atomic E-state index is -0.932. The molecule has 1 aliphatic rings.